The predicted octanol–water partition coefficient (Wildman–Crippen LogP) is 5.37. The van der Waals surface area contributed by atoms with Crippen LogP contribution in [0.25, 0.3) is 17.0 Å². The van der Waals surface area contributed by atoms with E-state index < -0.39 is 0 Å². The first-order valence-electron chi connectivity index (χ1n) is 11.1. The summed E-state index contributed by atoms with van der Waals surface area (Å²) in [4.78, 5) is 16.3. The van der Waals surface area contributed by atoms with E-state index in [1.165, 1.54) is 0 Å². The highest BCUT2D eigenvalue weighted by Crippen LogP contribution is 2.37. The van der Waals surface area contributed by atoms with E-state index in [1.807, 2.05) is 31.3 Å². The maximum atomic E-state index is 6.37. The zero-order chi connectivity index (χ0) is 23.1. The Hall–Kier alpha value is -1.99. The number of nitrogens with one attached hydrogen (secondary N) is 1. The van der Waals surface area contributed by atoms with Crippen LogP contribution in [0.3, 0.4) is 0 Å². The van der Waals surface area contributed by atoms with Gasteiger partial charge in [0.15, 0.2) is 0 Å². The molecule has 2 heterocycles. The number of allylic oxidation sites excluding steroid dienone is 1. The van der Waals surface area contributed by atoms with Crippen molar-refractivity contribution in [3.8, 4) is 11.3 Å². The van der Waals surface area contributed by atoms with Gasteiger partial charge in [-0.3, -0.25) is 9.98 Å². The normalized spacial score (nSPS) is 16.2. The fourth-order valence-corrected chi connectivity index (χ4v) is 4.37. The largest absolute Gasteiger partial charge is 0.326 e. The van der Waals surface area contributed by atoms with Crippen molar-refractivity contribution in [1.82, 2.24) is 19.8 Å². The number of imidazole rings is 1. The molecule has 0 unspecified atom stereocenters. The molecule has 0 radical (unpaired) electrons. The molecule has 1 aliphatic rings. The molecule has 0 saturated carbocycles. The van der Waals surface area contributed by atoms with Gasteiger partial charge < -0.3 is 14.8 Å². The molecule has 3 rings (SSSR count). The van der Waals surface area contributed by atoms with Crippen LogP contribution in [0, 0.1) is 0 Å². The number of hydrogen-bond donors (Lipinski definition) is 1. The topological polar surface area (TPSA) is 57.8 Å². The van der Waals surface area contributed by atoms with Crippen molar-refractivity contribution in [2.45, 2.75) is 38.6 Å². The molecule has 0 bridgehead atoms. The SMILES string of the molecule is C=N/C(=C\C=N/CNC)c1c(-c2ccc(Cl)c(Cl)c2)nc(C2CCN(C)CC2)n1CCC. The van der Waals surface area contributed by atoms with E-state index in [0.29, 0.717) is 22.6 Å². The Bertz CT molecular complexity index is 987. The molecule has 1 aliphatic heterocycles. The van der Waals surface area contributed by atoms with Crippen molar-refractivity contribution in [2.24, 2.45) is 9.98 Å². The lowest BCUT2D eigenvalue weighted by molar-refractivity contribution is 0.248. The van der Waals surface area contributed by atoms with Gasteiger partial charge in [-0.05, 0) is 71.4 Å². The fraction of sp³-hybridized carbons (Fsp3) is 0.458. The lowest BCUT2D eigenvalue weighted by Crippen LogP contribution is -2.30. The minimum atomic E-state index is 0.400. The molecule has 8 heteroatoms. The van der Waals surface area contributed by atoms with Crippen LogP contribution < -0.4 is 5.32 Å². The third-order valence-corrected chi connectivity index (χ3v) is 6.46. The number of likely N-dealkylation sites (tertiary alicyclic amines) is 1. The Morgan fingerprint density at radius 1 is 1.28 bits per heavy atom. The minimum Gasteiger partial charge on any atom is -0.326 e. The molecular formula is C24H32Cl2N6. The van der Waals surface area contributed by atoms with Crippen molar-refractivity contribution in [3.63, 3.8) is 0 Å². The Kier molecular flexibility index (Phi) is 9.05. The Morgan fingerprint density at radius 2 is 2.03 bits per heavy atom. The molecule has 1 aromatic heterocycles. The van der Waals surface area contributed by atoms with Gasteiger partial charge in [0, 0.05) is 24.2 Å². The number of halogens is 2. The van der Waals surface area contributed by atoms with Gasteiger partial charge in [0.1, 0.15) is 5.82 Å². The van der Waals surface area contributed by atoms with Crippen molar-refractivity contribution in [1.29, 1.82) is 0 Å². The molecule has 1 aromatic carbocycles. The first-order valence-corrected chi connectivity index (χ1v) is 11.8. The van der Waals surface area contributed by atoms with Gasteiger partial charge in [-0.2, -0.15) is 0 Å². The summed E-state index contributed by atoms with van der Waals surface area (Å²) in [5, 5.41) is 4.04. The molecular weight excluding hydrogens is 443 g/mol. The van der Waals surface area contributed by atoms with Gasteiger partial charge in [0.05, 0.1) is 33.8 Å². The number of aromatic nitrogens is 2. The van der Waals surface area contributed by atoms with E-state index in [-0.39, 0.29) is 0 Å². The first kappa shape index (κ1) is 24.6. The summed E-state index contributed by atoms with van der Waals surface area (Å²) in [7, 11) is 4.04. The van der Waals surface area contributed by atoms with Crippen LogP contribution in [0.4, 0.5) is 0 Å². The van der Waals surface area contributed by atoms with Crippen LogP contribution in [0.5, 0.6) is 0 Å². The van der Waals surface area contributed by atoms with Gasteiger partial charge in [-0.1, -0.05) is 36.2 Å². The Labute approximate surface area is 201 Å². The van der Waals surface area contributed by atoms with Crippen LogP contribution in [0.15, 0.2) is 34.3 Å². The molecule has 32 heavy (non-hydrogen) atoms. The van der Waals surface area contributed by atoms with Gasteiger partial charge >= 0.3 is 0 Å². The quantitative estimate of drug-likeness (QED) is 0.497. The molecule has 0 amide bonds. The third kappa shape index (κ3) is 5.67. The molecule has 172 valence electrons. The molecule has 1 fully saturated rings. The molecule has 1 N–H and O–H groups in total. The summed E-state index contributed by atoms with van der Waals surface area (Å²) in [6.07, 6.45) is 6.82. The van der Waals surface area contributed by atoms with E-state index in [4.69, 9.17) is 28.2 Å². The van der Waals surface area contributed by atoms with Crippen LogP contribution in [0.1, 0.15) is 43.6 Å². The van der Waals surface area contributed by atoms with E-state index in [0.717, 1.165) is 67.4 Å². The lowest BCUT2D eigenvalue weighted by Gasteiger charge is -2.29. The van der Waals surface area contributed by atoms with Crippen molar-refractivity contribution in [3.05, 3.63) is 45.8 Å². The number of aliphatic imine (C=N–C) groups is 2. The number of piperidine rings is 1. The smallest absolute Gasteiger partial charge is 0.113 e. The summed E-state index contributed by atoms with van der Waals surface area (Å²) >= 11 is 12.6. The highest BCUT2D eigenvalue weighted by molar-refractivity contribution is 6.42. The second-order valence-corrected chi connectivity index (χ2v) is 8.89. The first-order chi connectivity index (χ1) is 15.5. The zero-order valence-electron chi connectivity index (χ0n) is 19.1. The maximum Gasteiger partial charge on any atom is 0.113 e. The van der Waals surface area contributed by atoms with Gasteiger partial charge in [-0.15, -0.1) is 0 Å². The fourth-order valence-electron chi connectivity index (χ4n) is 4.08. The molecule has 6 nitrogen and oxygen atoms in total. The number of hydrogen-bond acceptors (Lipinski definition) is 5. The number of nitrogens with zero attached hydrogens (tertiary/aromatic N) is 5. The van der Waals surface area contributed by atoms with Gasteiger partial charge in [-0.25, -0.2) is 4.98 Å². The van der Waals surface area contributed by atoms with Crippen molar-refractivity contribution in [2.75, 3.05) is 33.9 Å². The minimum absolute atomic E-state index is 0.400. The second-order valence-electron chi connectivity index (χ2n) is 8.08. The average Bonchev–Trinajstić information content (AvgIpc) is 3.15. The summed E-state index contributed by atoms with van der Waals surface area (Å²) in [6, 6.07) is 5.65. The van der Waals surface area contributed by atoms with E-state index in [9.17, 15) is 0 Å². The highest BCUT2D eigenvalue weighted by Gasteiger charge is 2.28. The van der Waals surface area contributed by atoms with Gasteiger partial charge in [0.2, 0.25) is 0 Å². The number of benzene rings is 1. The van der Waals surface area contributed by atoms with Gasteiger partial charge in [0.25, 0.3) is 0 Å². The van der Waals surface area contributed by atoms with Crippen LogP contribution >= 0.6 is 23.2 Å². The van der Waals surface area contributed by atoms with E-state index >= 15 is 0 Å². The summed E-state index contributed by atoms with van der Waals surface area (Å²) in [6.45, 7) is 9.56. The predicted molar refractivity (Wildman–Crippen MR) is 137 cm³/mol. The van der Waals surface area contributed by atoms with Crippen LogP contribution in [-0.2, 0) is 6.54 Å². The summed E-state index contributed by atoms with van der Waals surface area (Å²) in [5.74, 6) is 1.51. The number of rotatable bonds is 9. The molecule has 1 saturated heterocycles. The zero-order valence-corrected chi connectivity index (χ0v) is 20.6. The second kappa shape index (κ2) is 11.8. The highest BCUT2D eigenvalue weighted by atomic mass is 35.5. The van der Waals surface area contributed by atoms with Crippen LogP contribution in [0.2, 0.25) is 10.0 Å². The van der Waals surface area contributed by atoms with E-state index in [2.05, 4.69) is 45.5 Å². The summed E-state index contributed by atoms with van der Waals surface area (Å²) in [5.41, 5.74) is 3.46. The lowest BCUT2D eigenvalue weighted by atomic mass is 9.96. The standard InChI is InChI=1S/C24H32Cl2N6/c1-5-12-32-23(21(28-3)8-11-29-16-27-2)22(18-6-7-19(25)20(26)15-18)30-24(32)17-9-13-31(4)14-10-17/h6-8,11,15,17,27H,3,5,9-10,12-14,16H2,1-2,4H3/b21-8-,29-11-. The third-order valence-electron chi connectivity index (χ3n) is 5.72. The molecule has 2 aromatic rings. The Balaban J connectivity index is 2.19. The summed E-state index contributed by atoms with van der Waals surface area (Å²) < 4.78 is 2.32. The van der Waals surface area contributed by atoms with Crippen molar-refractivity contribution >= 4 is 41.8 Å². The monoisotopic (exact) mass is 474 g/mol. The molecule has 0 spiro atoms. The van der Waals surface area contributed by atoms with E-state index in [1.54, 1.807) is 6.21 Å². The van der Waals surface area contributed by atoms with Crippen LogP contribution in [-0.4, -0.2) is 61.2 Å². The average molecular weight is 475 g/mol. The molecule has 0 aliphatic carbocycles. The maximum absolute atomic E-state index is 6.37. The van der Waals surface area contributed by atoms with Crippen molar-refractivity contribution < 1.29 is 0 Å². The molecule has 0 atom stereocenters. The Morgan fingerprint density at radius 3 is 2.66 bits per heavy atom.